The van der Waals surface area contributed by atoms with Crippen molar-refractivity contribution in [2.24, 2.45) is 5.92 Å². The van der Waals surface area contributed by atoms with Gasteiger partial charge in [-0.2, -0.15) is 5.26 Å². The predicted molar refractivity (Wildman–Crippen MR) is 147 cm³/mol. The van der Waals surface area contributed by atoms with Crippen LogP contribution < -0.4 is 15.3 Å². The van der Waals surface area contributed by atoms with E-state index in [1.165, 1.54) is 32.1 Å². The summed E-state index contributed by atoms with van der Waals surface area (Å²) in [6.07, 6.45) is 12.5. The molecule has 6 heteroatoms. The van der Waals surface area contributed by atoms with Crippen LogP contribution in [-0.4, -0.2) is 42.6 Å². The van der Waals surface area contributed by atoms with Crippen LogP contribution in [0.4, 0.5) is 5.69 Å². The summed E-state index contributed by atoms with van der Waals surface area (Å²) in [5.74, 6) is 1.24. The van der Waals surface area contributed by atoms with Crippen molar-refractivity contribution in [3.05, 3.63) is 53.2 Å². The van der Waals surface area contributed by atoms with E-state index in [1.54, 1.807) is 0 Å². The van der Waals surface area contributed by atoms with Crippen molar-refractivity contribution in [2.45, 2.75) is 71.8 Å². The van der Waals surface area contributed by atoms with Gasteiger partial charge in [0.05, 0.1) is 36.8 Å². The van der Waals surface area contributed by atoms with E-state index in [-0.39, 0.29) is 5.92 Å². The lowest BCUT2D eigenvalue weighted by atomic mass is 9.95. The fourth-order valence-electron chi connectivity index (χ4n) is 4.25. The number of nitrogens with zero attached hydrogens (tertiary/aromatic N) is 3. The molecule has 1 saturated carbocycles. The standard InChI is InChI=1S/C18H25N4.C8H10ClN.C2H6/c1-14(20-16-5-3-2-4-6-16)17-7-8-18(21-17)22-11-9-15(13-19)10-12-22;1-6-3-4-7(10-2)5-8(6)9;1-2/h7-8,15-16,20H,1-6,9-12H2;3-5,10H,1-2H3;1-2H3/q+1;;. The summed E-state index contributed by atoms with van der Waals surface area (Å²) in [5, 5.41) is 16.3. The Morgan fingerprint density at radius 1 is 1.12 bits per heavy atom. The topological polar surface area (TPSA) is 65.2 Å². The summed E-state index contributed by atoms with van der Waals surface area (Å²) < 4.78 is 4.73. The highest BCUT2D eigenvalue weighted by Gasteiger charge is 2.29. The molecule has 2 N–H and O–H groups in total. The van der Waals surface area contributed by atoms with E-state index in [4.69, 9.17) is 21.5 Å². The van der Waals surface area contributed by atoms with Gasteiger partial charge in [0, 0.05) is 42.7 Å². The number of nitrogens with one attached hydrogen (secondary N) is 2. The van der Waals surface area contributed by atoms with Crippen LogP contribution >= 0.6 is 11.6 Å². The largest absolute Gasteiger partial charge is 0.388 e. The Labute approximate surface area is 211 Å². The number of amidine groups is 1. The van der Waals surface area contributed by atoms with Crippen LogP contribution in [0.25, 0.3) is 0 Å². The molecule has 1 saturated heterocycles. The first-order valence-corrected chi connectivity index (χ1v) is 13.1. The zero-order valence-electron chi connectivity index (χ0n) is 21.3. The van der Waals surface area contributed by atoms with E-state index in [2.05, 4.69) is 40.3 Å². The van der Waals surface area contributed by atoms with Gasteiger partial charge in [-0.1, -0.05) is 57.4 Å². The van der Waals surface area contributed by atoms with E-state index in [0.29, 0.717) is 6.04 Å². The highest BCUT2D eigenvalue weighted by Crippen LogP contribution is 2.20. The van der Waals surface area contributed by atoms with Crippen LogP contribution in [-0.2, 0) is 0 Å². The van der Waals surface area contributed by atoms with E-state index < -0.39 is 0 Å². The fraction of sp³-hybridized carbons (Fsp3) is 0.536. The third-order valence-corrected chi connectivity index (χ3v) is 6.79. The van der Waals surface area contributed by atoms with Gasteiger partial charge in [-0.15, -0.1) is 0 Å². The first kappa shape index (κ1) is 27.6. The van der Waals surface area contributed by atoms with Gasteiger partial charge in [0.2, 0.25) is 5.71 Å². The van der Waals surface area contributed by atoms with Gasteiger partial charge in [-0.05, 0) is 37.5 Å². The molecule has 2 fully saturated rings. The molecular weight excluding hydrogens is 442 g/mol. The zero-order valence-corrected chi connectivity index (χ0v) is 22.1. The van der Waals surface area contributed by atoms with Gasteiger partial charge in [0.25, 0.3) is 0 Å². The lowest BCUT2D eigenvalue weighted by molar-refractivity contribution is 0.304. The smallest absolute Gasteiger partial charge is 0.370 e. The molecule has 3 aliphatic rings. The Bertz CT molecular complexity index is 938. The van der Waals surface area contributed by atoms with Crippen molar-refractivity contribution in [1.82, 2.24) is 14.9 Å². The molecule has 34 heavy (non-hydrogen) atoms. The molecule has 0 spiro atoms. The van der Waals surface area contributed by atoms with Gasteiger partial charge >= 0.3 is 5.84 Å². The number of nitriles is 1. The van der Waals surface area contributed by atoms with E-state index in [1.807, 2.05) is 46.0 Å². The van der Waals surface area contributed by atoms with Crippen LogP contribution in [0, 0.1) is 24.2 Å². The molecule has 184 valence electrons. The third kappa shape index (κ3) is 8.28. The minimum absolute atomic E-state index is 0.216. The molecule has 0 atom stereocenters. The van der Waals surface area contributed by atoms with Gasteiger partial charge in [0.15, 0.2) is 0 Å². The Hall–Kier alpha value is -2.67. The van der Waals surface area contributed by atoms with Crippen molar-refractivity contribution in [1.29, 1.82) is 5.26 Å². The molecule has 1 aliphatic carbocycles. The number of hydrogen-bond donors (Lipinski definition) is 2. The number of anilines is 1. The van der Waals surface area contributed by atoms with E-state index in [0.717, 1.165) is 59.4 Å². The van der Waals surface area contributed by atoms with Crippen molar-refractivity contribution < 1.29 is 0 Å². The van der Waals surface area contributed by atoms with E-state index in [9.17, 15) is 0 Å². The second-order valence-electron chi connectivity index (χ2n) is 8.75. The number of benzene rings is 1. The van der Waals surface area contributed by atoms with Gasteiger partial charge < -0.3 is 10.6 Å². The van der Waals surface area contributed by atoms with Gasteiger partial charge in [-0.3, -0.25) is 0 Å². The molecule has 0 bridgehead atoms. The summed E-state index contributed by atoms with van der Waals surface area (Å²) >= 11 is 5.85. The number of halogens is 1. The average Bonchev–Trinajstić information content (AvgIpc) is 3.39. The maximum absolute atomic E-state index is 8.98. The van der Waals surface area contributed by atoms with Gasteiger partial charge in [0.1, 0.15) is 0 Å². The minimum Gasteiger partial charge on any atom is -0.388 e. The molecule has 1 aromatic rings. The molecular formula is C28H41ClN5+. The van der Waals surface area contributed by atoms with Gasteiger partial charge in [-0.25, -0.2) is 9.57 Å². The minimum atomic E-state index is 0.216. The number of hydrogen-bond acceptors (Lipinski definition) is 4. The summed E-state index contributed by atoms with van der Waals surface area (Å²) in [4.78, 5) is 2.28. The number of piperidine rings is 1. The monoisotopic (exact) mass is 482 g/mol. The van der Waals surface area contributed by atoms with Crippen LogP contribution in [0.3, 0.4) is 0 Å². The normalized spacial score (nSPS) is 17.8. The Morgan fingerprint density at radius 3 is 2.38 bits per heavy atom. The van der Waals surface area contributed by atoms with Crippen LogP contribution in [0.1, 0.15) is 64.4 Å². The molecule has 0 unspecified atom stereocenters. The molecule has 2 heterocycles. The third-order valence-electron chi connectivity index (χ3n) is 6.38. The molecule has 0 radical (unpaired) electrons. The summed E-state index contributed by atoms with van der Waals surface area (Å²) in [5.41, 5.74) is 4.07. The van der Waals surface area contributed by atoms with Crippen LogP contribution in [0.2, 0.25) is 5.02 Å². The van der Waals surface area contributed by atoms with E-state index >= 15 is 0 Å². The Kier molecular flexibility index (Phi) is 11.8. The Balaban J connectivity index is 0.000000286. The average molecular weight is 483 g/mol. The van der Waals surface area contributed by atoms with Crippen molar-refractivity contribution in [3.63, 3.8) is 0 Å². The number of rotatable bonds is 4. The fourth-order valence-corrected chi connectivity index (χ4v) is 4.43. The molecule has 2 aliphatic heterocycles. The predicted octanol–water partition coefficient (Wildman–Crippen LogP) is 5.85. The van der Waals surface area contributed by atoms with Crippen LogP contribution in [0.5, 0.6) is 0 Å². The first-order chi connectivity index (χ1) is 16.5. The zero-order chi connectivity index (χ0) is 24.9. The molecule has 0 amide bonds. The summed E-state index contributed by atoms with van der Waals surface area (Å²) in [6, 6.07) is 8.85. The molecule has 4 rings (SSSR count). The maximum Gasteiger partial charge on any atom is 0.370 e. The quantitative estimate of drug-likeness (QED) is 0.528. The van der Waals surface area contributed by atoms with Crippen molar-refractivity contribution in [3.8, 4) is 6.07 Å². The number of allylic oxidation sites excluding steroid dienone is 1. The maximum atomic E-state index is 8.98. The second kappa shape index (κ2) is 14.6. The second-order valence-corrected chi connectivity index (χ2v) is 9.16. The summed E-state index contributed by atoms with van der Waals surface area (Å²) in [6.45, 7) is 12.0. The summed E-state index contributed by atoms with van der Waals surface area (Å²) in [7, 11) is 1.88. The first-order valence-electron chi connectivity index (χ1n) is 12.7. The van der Waals surface area contributed by atoms with Crippen molar-refractivity contribution >= 4 is 28.8 Å². The molecule has 0 aromatic heterocycles. The number of likely N-dealkylation sites (tertiary alicyclic amines) is 1. The highest BCUT2D eigenvalue weighted by molar-refractivity contribution is 6.31. The SMILES string of the molecule is C=C(NC1CCCCC1)C1=[N+]=C(N2CCC(C#N)CC2)C=C1.CC.CNc1ccc(C)c(Cl)c1. The van der Waals surface area contributed by atoms with Crippen molar-refractivity contribution in [2.75, 3.05) is 25.5 Å². The lowest BCUT2D eigenvalue weighted by Crippen LogP contribution is -2.38. The Morgan fingerprint density at radius 2 is 1.79 bits per heavy atom. The lowest BCUT2D eigenvalue weighted by Gasteiger charge is -2.23. The number of aryl methyl sites for hydroxylation is 1. The highest BCUT2D eigenvalue weighted by atomic mass is 35.5. The molecule has 5 nitrogen and oxygen atoms in total. The molecule has 1 aromatic carbocycles. The van der Waals surface area contributed by atoms with Crippen LogP contribution in [0.15, 0.2) is 42.6 Å².